The summed E-state index contributed by atoms with van der Waals surface area (Å²) in [5.74, 6) is -0.263. The summed E-state index contributed by atoms with van der Waals surface area (Å²) in [6.45, 7) is 4.92. The van der Waals surface area contributed by atoms with Crippen LogP contribution in [0.15, 0.2) is 29.2 Å². The van der Waals surface area contributed by atoms with Crippen molar-refractivity contribution in [2.75, 3.05) is 20.1 Å². The van der Waals surface area contributed by atoms with Crippen molar-refractivity contribution in [3.63, 3.8) is 0 Å². The van der Waals surface area contributed by atoms with Gasteiger partial charge in [-0.1, -0.05) is 12.5 Å². The third-order valence-electron chi connectivity index (χ3n) is 4.51. The molecule has 1 heterocycles. The number of sulfonamides is 1. The van der Waals surface area contributed by atoms with Crippen LogP contribution in [0.2, 0.25) is 0 Å². The van der Waals surface area contributed by atoms with E-state index in [9.17, 15) is 13.2 Å². The second-order valence-corrected chi connectivity index (χ2v) is 8.28. The van der Waals surface area contributed by atoms with Gasteiger partial charge in [-0.2, -0.15) is 4.31 Å². The van der Waals surface area contributed by atoms with Crippen molar-refractivity contribution in [1.82, 2.24) is 14.9 Å². The summed E-state index contributed by atoms with van der Waals surface area (Å²) in [5.41, 5.74) is 0.365. The fourth-order valence-electron chi connectivity index (χ4n) is 2.81. The number of benzene rings is 1. The third-order valence-corrected chi connectivity index (χ3v) is 6.52. The molecule has 0 aromatic heterocycles. The second-order valence-electron chi connectivity index (χ2n) is 6.39. The molecule has 1 aliphatic heterocycles. The molecule has 1 aromatic rings. The summed E-state index contributed by atoms with van der Waals surface area (Å²) < 4.78 is 27.3. The number of nitrogens with one attached hydrogen (secondary N) is 2. The van der Waals surface area contributed by atoms with Crippen molar-refractivity contribution in [2.24, 2.45) is 0 Å². The van der Waals surface area contributed by atoms with E-state index in [1.165, 1.54) is 6.07 Å². The quantitative estimate of drug-likeness (QED) is 0.814. The zero-order valence-corrected chi connectivity index (χ0v) is 15.4. The highest BCUT2D eigenvalue weighted by Crippen LogP contribution is 2.25. The van der Waals surface area contributed by atoms with Crippen LogP contribution in [0.4, 0.5) is 0 Å². The number of piperidine rings is 1. The highest BCUT2D eigenvalue weighted by Gasteiger charge is 2.31. The van der Waals surface area contributed by atoms with Gasteiger partial charge in [-0.3, -0.25) is 4.79 Å². The van der Waals surface area contributed by atoms with Gasteiger partial charge in [0.2, 0.25) is 10.0 Å². The highest BCUT2D eigenvalue weighted by molar-refractivity contribution is 7.89. The van der Waals surface area contributed by atoms with Gasteiger partial charge < -0.3 is 10.6 Å². The molecule has 1 aromatic carbocycles. The van der Waals surface area contributed by atoms with Gasteiger partial charge in [0.05, 0.1) is 4.90 Å². The largest absolute Gasteiger partial charge is 0.350 e. The SMILES string of the molecule is CNC(C)CNC(=O)c1cccc(S(=O)(=O)N2CCCCC2C)c1. The molecule has 1 saturated heterocycles. The summed E-state index contributed by atoms with van der Waals surface area (Å²) in [7, 11) is -1.74. The highest BCUT2D eigenvalue weighted by atomic mass is 32.2. The van der Waals surface area contributed by atoms with Crippen LogP contribution in [0, 0.1) is 0 Å². The fourth-order valence-corrected chi connectivity index (χ4v) is 4.56. The minimum atomic E-state index is -3.56. The number of carbonyl (C=O) groups excluding carboxylic acids is 1. The molecule has 2 atom stereocenters. The lowest BCUT2D eigenvalue weighted by atomic mass is 10.1. The summed E-state index contributed by atoms with van der Waals surface area (Å²) in [6.07, 6.45) is 2.81. The van der Waals surface area contributed by atoms with Gasteiger partial charge in [0.15, 0.2) is 0 Å². The minimum Gasteiger partial charge on any atom is -0.350 e. The van der Waals surface area contributed by atoms with E-state index in [0.717, 1.165) is 19.3 Å². The first kappa shape index (κ1) is 18.9. The Balaban J connectivity index is 2.18. The Labute approximate surface area is 144 Å². The van der Waals surface area contributed by atoms with Gasteiger partial charge in [-0.05, 0) is 51.9 Å². The van der Waals surface area contributed by atoms with Gasteiger partial charge in [0.25, 0.3) is 5.91 Å². The van der Waals surface area contributed by atoms with Crippen LogP contribution in [0.3, 0.4) is 0 Å². The van der Waals surface area contributed by atoms with Gasteiger partial charge in [0, 0.05) is 30.7 Å². The topological polar surface area (TPSA) is 78.5 Å². The third kappa shape index (κ3) is 4.34. The van der Waals surface area contributed by atoms with Gasteiger partial charge >= 0.3 is 0 Å². The van der Waals surface area contributed by atoms with E-state index in [1.807, 2.05) is 20.9 Å². The number of amides is 1. The maximum Gasteiger partial charge on any atom is 0.251 e. The second kappa shape index (κ2) is 8.09. The Morgan fingerprint density at radius 1 is 1.38 bits per heavy atom. The minimum absolute atomic E-state index is 0.00212. The molecular weight excluding hydrogens is 326 g/mol. The first-order valence-corrected chi connectivity index (χ1v) is 9.87. The van der Waals surface area contributed by atoms with E-state index in [4.69, 9.17) is 0 Å². The van der Waals surface area contributed by atoms with Crippen LogP contribution < -0.4 is 10.6 Å². The van der Waals surface area contributed by atoms with Crippen molar-refractivity contribution in [1.29, 1.82) is 0 Å². The zero-order valence-electron chi connectivity index (χ0n) is 14.6. The molecule has 0 aliphatic carbocycles. The molecule has 24 heavy (non-hydrogen) atoms. The number of rotatable bonds is 6. The summed E-state index contributed by atoms with van der Waals surface area (Å²) >= 11 is 0. The zero-order chi connectivity index (χ0) is 17.7. The smallest absolute Gasteiger partial charge is 0.251 e. The lowest BCUT2D eigenvalue weighted by Crippen LogP contribution is -2.42. The fraction of sp³-hybridized carbons (Fsp3) is 0.588. The first-order chi connectivity index (χ1) is 11.4. The predicted molar refractivity (Wildman–Crippen MR) is 94.5 cm³/mol. The molecule has 0 bridgehead atoms. The average Bonchev–Trinajstić information content (AvgIpc) is 2.59. The van der Waals surface area contributed by atoms with Crippen LogP contribution in [0.25, 0.3) is 0 Å². The molecule has 2 rings (SSSR count). The van der Waals surface area contributed by atoms with E-state index >= 15 is 0 Å². The molecule has 7 heteroatoms. The van der Waals surface area contributed by atoms with Crippen LogP contribution in [-0.4, -0.2) is 50.9 Å². The summed E-state index contributed by atoms with van der Waals surface area (Å²) in [4.78, 5) is 12.4. The number of hydrogen-bond acceptors (Lipinski definition) is 4. The normalized spacial score (nSPS) is 20.5. The lowest BCUT2D eigenvalue weighted by molar-refractivity contribution is 0.0950. The van der Waals surface area contributed by atoms with Crippen molar-refractivity contribution < 1.29 is 13.2 Å². The van der Waals surface area contributed by atoms with E-state index in [1.54, 1.807) is 22.5 Å². The standard InChI is InChI=1S/C17H27N3O3S/c1-13(18-3)12-19-17(21)15-8-6-9-16(11-15)24(22,23)20-10-5-4-7-14(20)2/h6,8-9,11,13-14,18H,4-5,7,10,12H2,1-3H3,(H,19,21). The van der Waals surface area contributed by atoms with Crippen LogP contribution in [0.5, 0.6) is 0 Å². The molecular formula is C17H27N3O3S. The Kier molecular flexibility index (Phi) is 6.37. The van der Waals surface area contributed by atoms with Gasteiger partial charge in [-0.15, -0.1) is 0 Å². The van der Waals surface area contributed by atoms with Crippen molar-refractivity contribution >= 4 is 15.9 Å². The Morgan fingerprint density at radius 2 is 2.12 bits per heavy atom. The number of carbonyl (C=O) groups is 1. The predicted octanol–water partition coefficient (Wildman–Crippen LogP) is 1.59. The Morgan fingerprint density at radius 3 is 2.79 bits per heavy atom. The molecule has 1 amide bonds. The van der Waals surface area contributed by atoms with E-state index in [2.05, 4.69) is 10.6 Å². The number of hydrogen-bond donors (Lipinski definition) is 2. The van der Waals surface area contributed by atoms with Crippen LogP contribution >= 0.6 is 0 Å². The van der Waals surface area contributed by atoms with Gasteiger partial charge in [0.1, 0.15) is 0 Å². The molecule has 2 unspecified atom stereocenters. The van der Waals surface area contributed by atoms with Crippen molar-refractivity contribution in [2.45, 2.75) is 50.1 Å². The van der Waals surface area contributed by atoms with E-state index in [0.29, 0.717) is 18.7 Å². The van der Waals surface area contributed by atoms with Crippen LogP contribution in [0.1, 0.15) is 43.5 Å². The molecule has 6 nitrogen and oxygen atoms in total. The van der Waals surface area contributed by atoms with Crippen molar-refractivity contribution in [3.05, 3.63) is 29.8 Å². The maximum atomic E-state index is 12.9. The Bertz CT molecular complexity index is 675. The maximum absolute atomic E-state index is 12.9. The number of likely N-dealkylation sites (N-methyl/N-ethyl adjacent to an activating group) is 1. The Hall–Kier alpha value is -1.44. The average molecular weight is 353 g/mol. The summed E-state index contributed by atoms with van der Waals surface area (Å²) in [6, 6.07) is 6.43. The van der Waals surface area contributed by atoms with E-state index in [-0.39, 0.29) is 22.9 Å². The summed E-state index contributed by atoms with van der Waals surface area (Å²) in [5, 5.41) is 5.84. The number of nitrogens with zero attached hydrogens (tertiary/aromatic N) is 1. The van der Waals surface area contributed by atoms with Crippen molar-refractivity contribution in [3.8, 4) is 0 Å². The molecule has 0 radical (unpaired) electrons. The molecule has 134 valence electrons. The van der Waals surface area contributed by atoms with Crippen LogP contribution in [-0.2, 0) is 10.0 Å². The molecule has 0 spiro atoms. The molecule has 2 N–H and O–H groups in total. The van der Waals surface area contributed by atoms with E-state index < -0.39 is 10.0 Å². The molecule has 1 fully saturated rings. The molecule has 1 aliphatic rings. The lowest BCUT2D eigenvalue weighted by Gasteiger charge is -2.32. The monoisotopic (exact) mass is 353 g/mol. The van der Waals surface area contributed by atoms with Gasteiger partial charge in [-0.25, -0.2) is 8.42 Å². The molecule has 0 saturated carbocycles. The first-order valence-electron chi connectivity index (χ1n) is 8.43.